The van der Waals surface area contributed by atoms with Crippen LogP contribution in [0.1, 0.15) is 70.9 Å². The van der Waals surface area contributed by atoms with Crippen molar-refractivity contribution in [3.63, 3.8) is 0 Å². The van der Waals surface area contributed by atoms with Crippen LogP contribution in [0, 0.1) is 34.0 Å². The van der Waals surface area contributed by atoms with Crippen LogP contribution >= 0.6 is 11.8 Å². The summed E-state index contributed by atoms with van der Waals surface area (Å²) in [5, 5.41) is 24.1. The Bertz CT molecular complexity index is 1500. The molecule has 3 fully saturated rings. The molecule has 47 heavy (non-hydrogen) atoms. The minimum atomic E-state index is -0.731. The average molecular weight is 663 g/mol. The number of ether oxygens (including phenoxy) is 1. The Morgan fingerprint density at radius 2 is 1.87 bits per heavy atom. The summed E-state index contributed by atoms with van der Waals surface area (Å²) >= 11 is 1.36. The Morgan fingerprint density at radius 3 is 2.57 bits per heavy atom. The normalized spacial score (nSPS) is 34.0. The first kappa shape index (κ1) is 35.2. The third-order valence-corrected chi connectivity index (χ3v) is 13.0. The number of phenols is 1. The number of esters is 1. The zero-order valence-corrected chi connectivity index (χ0v) is 28.9. The number of ketones is 1. The molecule has 3 saturated carbocycles. The summed E-state index contributed by atoms with van der Waals surface area (Å²) in [5.41, 5.74) is 6.31. The molecular weight excluding hydrogens is 612 g/mol. The predicted octanol–water partition coefficient (Wildman–Crippen LogP) is 5.58. The summed E-state index contributed by atoms with van der Waals surface area (Å²) in [4.78, 5) is 40.7. The number of rotatable bonds is 10. The maximum absolute atomic E-state index is 13.6. The molecule has 0 spiro atoms. The molecule has 9 atom stereocenters. The largest absolute Gasteiger partial charge is 0.508 e. The number of nitrogens with one attached hydrogen (secondary N) is 1. The van der Waals surface area contributed by atoms with E-state index in [9.17, 15) is 24.6 Å². The van der Waals surface area contributed by atoms with E-state index < -0.39 is 29.1 Å². The minimum absolute atomic E-state index is 0.0759. The van der Waals surface area contributed by atoms with Gasteiger partial charge in [-0.3, -0.25) is 14.4 Å². The van der Waals surface area contributed by atoms with Crippen molar-refractivity contribution in [3.05, 3.63) is 72.3 Å². The lowest BCUT2D eigenvalue weighted by molar-refractivity contribution is -0.205. The minimum Gasteiger partial charge on any atom is -0.508 e. The molecule has 254 valence electrons. The van der Waals surface area contributed by atoms with Crippen molar-refractivity contribution in [1.82, 2.24) is 5.32 Å². The Hall–Kier alpha value is -3.14. The van der Waals surface area contributed by atoms with E-state index >= 15 is 0 Å². The summed E-state index contributed by atoms with van der Waals surface area (Å²) in [6.07, 6.45) is 4.41. The highest BCUT2D eigenvalue weighted by molar-refractivity contribution is 8.00. The van der Waals surface area contributed by atoms with Gasteiger partial charge in [-0.15, -0.1) is 18.3 Å². The fourth-order valence-electron chi connectivity index (χ4n) is 8.88. The first-order valence-corrected chi connectivity index (χ1v) is 17.8. The molecule has 0 aromatic heterocycles. The molecule has 5 N–H and O–H groups in total. The highest BCUT2D eigenvalue weighted by Gasteiger charge is 2.68. The predicted molar refractivity (Wildman–Crippen MR) is 183 cm³/mol. The maximum Gasteiger partial charge on any atom is 0.316 e. The van der Waals surface area contributed by atoms with Crippen molar-refractivity contribution < 1.29 is 29.3 Å². The molecule has 1 amide bonds. The first-order valence-electron chi connectivity index (χ1n) is 16.8. The van der Waals surface area contributed by atoms with E-state index in [2.05, 4.69) is 32.7 Å². The van der Waals surface area contributed by atoms with Crippen LogP contribution in [-0.4, -0.2) is 51.9 Å². The van der Waals surface area contributed by atoms with Crippen LogP contribution in [-0.2, 0) is 32.1 Å². The summed E-state index contributed by atoms with van der Waals surface area (Å²) in [6.45, 7) is 12.8. The van der Waals surface area contributed by atoms with Crippen molar-refractivity contribution in [2.24, 2.45) is 39.7 Å². The average Bonchev–Trinajstić information content (AvgIpc) is 3.42. The SMILES string of the molecule is C=C[C@]1(C)C[C@@H](OC(=O)CSc2cccc(CNC(=O)[C@@H](N)Cc3ccc(O)cc3)c2)[C@]2(C)C(C)CCC3(CCC(=O)C32)[C@@H](C)[C@@H]1O. The number of carbonyl (C=O) groups is 3. The van der Waals surface area contributed by atoms with Gasteiger partial charge in [-0.05, 0) is 84.7 Å². The second kappa shape index (κ2) is 13.8. The number of Topliss-reactive ketones (excluding diaryl/α,β-unsaturated/α-hetero) is 1. The van der Waals surface area contributed by atoms with Gasteiger partial charge in [0.1, 0.15) is 17.6 Å². The van der Waals surface area contributed by atoms with Crippen LogP contribution in [0.3, 0.4) is 0 Å². The van der Waals surface area contributed by atoms with Gasteiger partial charge in [-0.1, -0.05) is 58.0 Å². The van der Waals surface area contributed by atoms with Crippen molar-refractivity contribution in [1.29, 1.82) is 0 Å². The zero-order valence-electron chi connectivity index (χ0n) is 28.0. The number of carbonyl (C=O) groups excluding carboxylic acids is 3. The number of benzene rings is 2. The number of amides is 1. The van der Waals surface area contributed by atoms with Crippen LogP contribution < -0.4 is 11.1 Å². The third kappa shape index (κ3) is 6.76. The number of aromatic hydroxyl groups is 1. The lowest BCUT2D eigenvalue weighted by atomic mass is 9.44. The monoisotopic (exact) mass is 662 g/mol. The van der Waals surface area contributed by atoms with Gasteiger partial charge >= 0.3 is 5.97 Å². The molecule has 3 aliphatic rings. The van der Waals surface area contributed by atoms with E-state index in [0.29, 0.717) is 19.3 Å². The number of hydrogen-bond acceptors (Lipinski definition) is 8. The van der Waals surface area contributed by atoms with Crippen LogP contribution in [0.4, 0.5) is 0 Å². The van der Waals surface area contributed by atoms with E-state index in [1.807, 2.05) is 37.3 Å². The molecule has 5 rings (SSSR count). The quantitative estimate of drug-likeness (QED) is 0.147. The number of thioether (sulfide) groups is 1. The number of phenolic OH excluding ortho intramolecular Hbond substituents is 1. The molecule has 2 aromatic rings. The zero-order chi connectivity index (χ0) is 34.1. The molecule has 8 nitrogen and oxygen atoms in total. The highest BCUT2D eigenvalue weighted by Crippen LogP contribution is 2.68. The van der Waals surface area contributed by atoms with Gasteiger partial charge in [-0.25, -0.2) is 0 Å². The lowest BCUT2D eigenvalue weighted by Gasteiger charge is -2.61. The van der Waals surface area contributed by atoms with Gasteiger partial charge < -0.3 is 26.0 Å². The van der Waals surface area contributed by atoms with E-state index in [-0.39, 0.29) is 58.9 Å². The summed E-state index contributed by atoms with van der Waals surface area (Å²) in [7, 11) is 0. The van der Waals surface area contributed by atoms with Crippen LogP contribution in [0.25, 0.3) is 0 Å². The summed E-state index contributed by atoms with van der Waals surface area (Å²) in [6, 6.07) is 13.5. The van der Waals surface area contributed by atoms with Crippen molar-refractivity contribution in [3.8, 4) is 5.75 Å². The Kier molecular flexibility index (Phi) is 10.3. The van der Waals surface area contributed by atoms with E-state index in [0.717, 1.165) is 35.3 Å². The molecular formula is C38H50N2O6S. The Balaban J connectivity index is 1.24. The highest BCUT2D eigenvalue weighted by atomic mass is 32.2. The van der Waals surface area contributed by atoms with Gasteiger partial charge in [-0.2, -0.15) is 0 Å². The van der Waals surface area contributed by atoms with Gasteiger partial charge in [0, 0.05) is 34.6 Å². The first-order chi connectivity index (χ1) is 22.2. The fourth-order valence-corrected chi connectivity index (χ4v) is 9.64. The smallest absolute Gasteiger partial charge is 0.316 e. The number of nitrogens with two attached hydrogens (primary N) is 1. The van der Waals surface area contributed by atoms with Crippen molar-refractivity contribution >= 4 is 29.4 Å². The summed E-state index contributed by atoms with van der Waals surface area (Å²) in [5.74, 6) is -0.317. The van der Waals surface area contributed by atoms with E-state index in [4.69, 9.17) is 10.5 Å². The van der Waals surface area contributed by atoms with Gasteiger partial charge in [0.05, 0.1) is 17.9 Å². The van der Waals surface area contributed by atoms with Crippen LogP contribution in [0.5, 0.6) is 5.75 Å². The fraction of sp³-hybridized carbons (Fsp3) is 0.553. The van der Waals surface area contributed by atoms with Crippen LogP contribution in [0.15, 0.2) is 66.1 Å². The molecule has 3 aliphatic carbocycles. The molecule has 0 heterocycles. The molecule has 2 aromatic carbocycles. The van der Waals surface area contributed by atoms with Crippen molar-refractivity contribution in [2.45, 2.75) is 95.9 Å². The van der Waals surface area contributed by atoms with E-state index in [1.165, 1.54) is 11.8 Å². The molecule has 0 saturated heterocycles. The second-order valence-corrected chi connectivity index (χ2v) is 15.7. The van der Waals surface area contributed by atoms with Gasteiger partial charge in [0.15, 0.2) is 0 Å². The van der Waals surface area contributed by atoms with Gasteiger partial charge in [0.25, 0.3) is 0 Å². The molecule has 2 bridgehead atoms. The maximum atomic E-state index is 13.6. The third-order valence-electron chi connectivity index (χ3n) is 12.0. The molecule has 3 unspecified atom stereocenters. The molecule has 0 aliphatic heterocycles. The Morgan fingerprint density at radius 1 is 1.15 bits per heavy atom. The van der Waals surface area contributed by atoms with Crippen LogP contribution in [0.2, 0.25) is 0 Å². The molecule has 0 radical (unpaired) electrons. The Labute approximate surface area is 282 Å². The number of aliphatic hydroxyl groups excluding tert-OH is 1. The van der Waals surface area contributed by atoms with E-state index in [1.54, 1.807) is 24.3 Å². The van der Waals surface area contributed by atoms with Gasteiger partial charge in [0.2, 0.25) is 5.91 Å². The summed E-state index contributed by atoms with van der Waals surface area (Å²) < 4.78 is 6.38. The number of hydrogen-bond donors (Lipinski definition) is 4. The second-order valence-electron chi connectivity index (χ2n) is 14.7. The van der Waals surface area contributed by atoms with Crippen molar-refractivity contribution in [2.75, 3.05) is 5.75 Å². The topological polar surface area (TPSA) is 139 Å². The lowest BCUT2D eigenvalue weighted by Crippen LogP contribution is -2.63. The number of aliphatic hydroxyl groups is 1. The standard InChI is InChI=1S/C38H50N2O6S/c1-6-36(4)20-31(37(5)23(2)14-16-38(24(3)34(36)44)17-15-30(42)33(37)38)46-32(43)22-47-28-9-7-8-26(18-28)21-40-35(45)29(39)19-25-10-12-27(41)13-11-25/h6-13,18,23-24,29,31,33-34,41,44H,1,14-17,19-22,39H2,2-5H3,(H,40,45)/t23?,24-,29-,31+,33?,34-,36+,37-,38?/m0/s1. The molecule has 9 heteroatoms.